The molecule has 0 bridgehead atoms. The third kappa shape index (κ3) is 5.61. The highest BCUT2D eigenvalue weighted by Crippen LogP contribution is 2.65. The van der Waals surface area contributed by atoms with Crippen molar-refractivity contribution in [3.8, 4) is 11.5 Å². The number of hydrogen-bond acceptors (Lipinski definition) is 8. The van der Waals surface area contributed by atoms with Crippen LogP contribution in [0.2, 0.25) is 10.0 Å². The fourth-order valence-electron chi connectivity index (χ4n) is 9.22. The molecule has 2 aliphatic heterocycles. The lowest BCUT2D eigenvalue weighted by Gasteiger charge is -2.50. The number of pyridine rings is 1. The monoisotopic (exact) mass is 916 g/mol. The molecule has 2 aliphatic carbocycles. The minimum Gasteiger partial charge on any atom is -0.504 e. The Morgan fingerprint density at radius 3 is 2.36 bits per heavy atom. The number of alkyl halides is 3. The standard InChI is InChI=1S/C40H30Cl2F3IN4O6/c1-48(34-27(42)13-14-30(47-34)40(43,44)45)50-35(52)24-12-11-23-25(31(24)37(50)54)18-26-36(53)49(22-10-6-9-21(41)17-22)38(55)39(26,20-7-4-3-5-8-20)32(23)19-15-28(46)33(51)29(16-19)56-2/h3-11,13-17,24-26,31-32,51H,12,18H2,1-2H3/t24-,25+,26-,31-,32-,39+/m0/s1. The maximum Gasteiger partial charge on any atom is 0.433 e. The summed E-state index contributed by atoms with van der Waals surface area (Å²) in [7, 11) is 2.63. The summed E-state index contributed by atoms with van der Waals surface area (Å²) < 4.78 is 47.1. The summed E-state index contributed by atoms with van der Waals surface area (Å²) in [6.07, 6.45) is -2.96. The molecule has 3 fully saturated rings. The SMILES string of the molecule is COc1cc([C@H]2C3=CC[C@@H]4C(=O)N(N(C)c5nc(C(F)(F)F)ccc5Cl)C(=O)[C@@H]4[C@@H]3C[C@H]3C(=O)N(c4cccc(Cl)c4)C(=O)[C@@]23c2ccccc2)cc(I)c1O. The first kappa shape index (κ1) is 38.2. The summed E-state index contributed by atoms with van der Waals surface area (Å²) in [6, 6.07) is 20.3. The van der Waals surface area contributed by atoms with Crippen molar-refractivity contribution in [1.29, 1.82) is 0 Å². The topological polar surface area (TPSA) is 120 Å². The van der Waals surface area contributed by atoms with E-state index < -0.39 is 76.3 Å². The molecule has 4 aliphatic rings. The second-order valence-corrected chi connectivity index (χ2v) is 16.2. The van der Waals surface area contributed by atoms with Crippen LogP contribution in [0.15, 0.2) is 90.5 Å². The van der Waals surface area contributed by atoms with E-state index in [0.29, 0.717) is 31.4 Å². The highest BCUT2D eigenvalue weighted by Gasteiger charge is 2.70. The Bertz CT molecular complexity index is 2380. The molecular formula is C40H30Cl2F3IN4O6. The number of allylic oxidation sites excluding steroid dienone is 2. The number of ether oxygens (including phenoxy) is 1. The van der Waals surface area contributed by atoms with Crippen LogP contribution in [0.4, 0.5) is 24.7 Å². The van der Waals surface area contributed by atoms with Gasteiger partial charge in [0.1, 0.15) is 5.69 Å². The van der Waals surface area contributed by atoms with E-state index >= 15 is 4.79 Å². The summed E-state index contributed by atoms with van der Waals surface area (Å²) in [5, 5.41) is 12.7. The lowest BCUT2D eigenvalue weighted by molar-refractivity contribution is -0.141. The molecule has 3 aromatic carbocycles. The number of phenolic OH excluding ortho intramolecular Hbond substituents is 1. The van der Waals surface area contributed by atoms with E-state index in [2.05, 4.69) is 4.98 Å². The highest BCUT2D eigenvalue weighted by molar-refractivity contribution is 14.1. The van der Waals surface area contributed by atoms with E-state index in [1.54, 1.807) is 60.7 Å². The van der Waals surface area contributed by atoms with E-state index in [-0.39, 0.29) is 35.1 Å². The Labute approximate surface area is 341 Å². The van der Waals surface area contributed by atoms with Gasteiger partial charge >= 0.3 is 6.18 Å². The summed E-state index contributed by atoms with van der Waals surface area (Å²) in [4.78, 5) is 64.1. The van der Waals surface area contributed by atoms with Gasteiger partial charge in [-0.1, -0.05) is 71.2 Å². The average molecular weight is 918 g/mol. The fraction of sp³-hybridized carbons (Fsp3) is 0.275. The van der Waals surface area contributed by atoms with Crippen LogP contribution >= 0.6 is 45.8 Å². The summed E-state index contributed by atoms with van der Waals surface area (Å²) in [5.41, 5.74) is -0.893. The van der Waals surface area contributed by atoms with Gasteiger partial charge in [0.15, 0.2) is 17.3 Å². The number of anilines is 2. The van der Waals surface area contributed by atoms with Crippen molar-refractivity contribution in [2.45, 2.75) is 30.4 Å². The molecule has 2 saturated heterocycles. The number of aromatic nitrogens is 1. The van der Waals surface area contributed by atoms with Gasteiger partial charge in [0.05, 0.1) is 44.6 Å². The number of amides is 4. The molecule has 3 heterocycles. The van der Waals surface area contributed by atoms with Crippen molar-refractivity contribution < 1.29 is 42.2 Å². The van der Waals surface area contributed by atoms with Gasteiger partial charge in [-0.25, -0.2) is 9.88 Å². The lowest BCUT2D eigenvalue weighted by atomic mass is 9.49. The van der Waals surface area contributed by atoms with Gasteiger partial charge in [-0.05, 0) is 94.9 Å². The molecule has 56 heavy (non-hydrogen) atoms. The number of carbonyl (C=O) groups excluding carboxylic acids is 4. The van der Waals surface area contributed by atoms with Gasteiger partial charge < -0.3 is 9.84 Å². The van der Waals surface area contributed by atoms with Gasteiger partial charge in [0.2, 0.25) is 11.8 Å². The molecule has 10 nitrogen and oxygen atoms in total. The molecule has 4 amide bonds. The number of carbonyl (C=O) groups is 4. The van der Waals surface area contributed by atoms with Crippen LogP contribution in [-0.4, -0.2) is 52.9 Å². The molecule has 6 atom stereocenters. The number of nitrogens with zero attached hydrogens (tertiary/aromatic N) is 4. The minimum atomic E-state index is -4.83. The number of fused-ring (bicyclic) bond motifs is 4. The number of methoxy groups -OCH3 is 1. The number of rotatable bonds is 6. The predicted molar refractivity (Wildman–Crippen MR) is 208 cm³/mol. The normalized spacial score (nSPS) is 25.9. The van der Waals surface area contributed by atoms with Gasteiger partial charge in [-0.15, -0.1) is 0 Å². The number of aromatic hydroxyl groups is 1. The average Bonchev–Trinajstić information content (AvgIpc) is 3.56. The van der Waals surface area contributed by atoms with Gasteiger partial charge in [0, 0.05) is 18.0 Å². The van der Waals surface area contributed by atoms with Crippen molar-refractivity contribution in [3.05, 3.63) is 121 Å². The number of halogens is 6. The van der Waals surface area contributed by atoms with E-state index in [1.165, 1.54) is 20.2 Å². The Kier molecular flexibility index (Phi) is 9.39. The molecule has 0 radical (unpaired) electrons. The molecule has 1 aromatic heterocycles. The number of hydrazine groups is 1. The highest BCUT2D eigenvalue weighted by atomic mass is 127. The molecule has 16 heteroatoms. The number of imide groups is 2. The van der Waals surface area contributed by atoms with Crippen molar-refractivity contribution in [3.63, 3.8) is 0 Å². The van der Waals surface area contributed by atoms with Crippen LogP contribution < -0.4 is 14.6 Å². The van der Waals surface area contributed by atoms with Crippen LogP contribution in [0, 0.1) is 27.2 Å². The third-order valence-corrected chi connectivity index (χ3v) is 12.8. The zero-order valence-corrected chi connectivity index (χ0v) is 33.1. The first-order valence-corrected chi connectivity index (χ1v) is 19.3. The van der Waals surface area contributed by atoms with E-state index in [4.69, 9.17) is 27.9 Å². The van der Waals surface area contributed by atoms with Gasteiger partial charge in [-0.3, -0.25) is 24.2 Å². The first-order chi connectivity index (χ1) is 26.6. The summed E-state index contributed by atoms with van der Waals surface area (Å²) in [5.74, 6) is -7.66. The largest absolute Gasteiger partial charge is 0.504 e. The van der Waals surface area contributed by atoms with E-state index in [0.717, 1.165) is 21.0 Å². The lowest BCUT2D eigenvalue weighted by Crippen LogP contribution is -2.53. The van der Waals surface area contributed by atoms with Crippen molar-refractivity contribution >= 4 is 80.9 Å². The number of phenols is 1. The number of benzene rings is 3. The van der Waals surface area contributed by atoms with Gasteiger partial charge in [0.25, 0.3) is 11.8 Å². The molecule has 0 unspecified atom stereocenters. The first-order valence-electron chi connectivity index (χ1n) is 17.4. The van der Waals surface area contributed by atoms with Gasteiger partial charge in [-0.2, -0.15) is 18.2 Å². The zero-order valence-electron chi connectivity index (χ0n) is 29.4. The van der Waals surface area contributed by atoms with Crippen LogP contribution in [0.25, 0.3) is 0 Å². The van der Waals surface area contributed by atoms with Crippen molar-refractivity contribution in [1.82, 2.24) is 9.99 Å². The van der Waals surface area contributed by atoms with Crippen LogP contribution in [0.3, 0.4) is 0 Å². The predicted octanol–water partition coefficient (Wildman–Crippen LogP) is 7.94. The van der Waals surface area contributed by atoms with Crippen molar-refractivity contribution in [2.75, 3.05) is 24.1 Å². The van der Waals surface area contributed by atoms with Crippen LogP contribution in [0.1, 0.15) is 35.6 Å². The summed E-state index contributed by atoms with van der Waals surface area (Å²) in [6.45, 7) is 0. The summed E-state index contributed by atoms with van der Waals surface area (Å²) >= 11 is 14.7. The zero-order chi connectivity index (χ0) is 40.0. The van der Waals surface area contributed by atoms with E-state index in [9.17, 15) is 32.7 Å². The molecular weight excluding hydrogens is 887 g/mol. The maximum absolute atomic E-state index is 15.4. The van der Waals surface area contributed by atoms with E-state index in [1.807, 2.05) is 28.7 Å². The molecule has 288 valence electrons. The molecule has 1 saturated carbocycles. The molecule has 8 rings (SSSR count). The Morgan fingerprint density at radius 1 is 0.946 bits per heavy atom. The molecule has 0 spiro atoms. The van der Waals surface area contributed by atoms with Crippen LogP contribution in [0.5, 0.6) is 11.5 Å². The maximum atomic E-state index is 15.4. The fourth-order valence-corrected chi connectivity index (χ4v) is 10.3. The molecule has 4 aromatic rings. The third-order valence-electron chi connectivity index (χ3n) is 11.5. The second-order valence-electron chi connectivity index (χ2n) is 14.2. The Balaban J connectivity index is 1.32. The second kappa shape index (κ2) is 13.8. The Hall–Kier alpha value is -4.67. The minimum absolute atomic E-state index is 0.0223. The smallest absolute Gasteiger partial charge is 0.433 e. The molecule has 1 N–H and O–H groups in total. The Morgan fingerprint density at radius 2 is 1.68 bits per heavy atom. The quantitative estimate of drug-likeness (QED) is 0.118. The van der Waals surface area contributed by atoms with Crippen LogP contribution in [-0.2, 0) is 30.8 Å². The number of hydrogen-bond donors (Lipinski definition) is 1. The van der Waals surface area contributed by atoms with Crippen molar-refractivity contribution in [2.24, 2.45) is 23.7 Å².